The second kappa shape index (κ2) is 8.48. The zero-order valence-corrected chi connectivity index (χ0v) is 17.8. The molecule has 7 heteroatoms. The van der Waals surface area contributed by atoms with Crippen LogP contribution in [0.4, 0.5) is 10.6 Å². The van der Waals surface area contributed by atoms with Crippen LogP contribution in [0.25, 0.3) is 5.69 Å². The summed E-state index contributed by atoms with van der Waals surface area (Å²) in [5.41, 5.74) is 3.49. The van der Waals surface area contributed by atoms with Gasteiger partial charge in [-0.3, -0.25) is 5.32 Å². The summed E-state index contributed by atoms with van der Waals surface area (Å²) in [5, 5.41) is 24.0. The Bertz CT molecular complexity index is 1150. The summed E-state index contributed by atoms with van der Waals surface area (Å²) in [4.78, 5) is 13.3. The van der Waals surface area contributed by atoms with Crippen LogP contribution >= 0.6 is 0 Å². The van der Waals surface area contributed by atoms with E-state index in [0.717, 1.165) is 47.6 Å². The molecular formula is C25H26N6O. The number of carbonyl (C=O) groups is 1. The highest BCUT2D eigenvalue weighted by Crippen LogP contribution is 2.35. The van der Waals surface area contributed by atoms with Crippen LogP contribution in [0.1, 0.15) is 35.6 Å². The van der Waals surface area contributed by atoms with Gasteiger partial charge in [0.1, 0.15) is 5.82 Å². The fourth-order valence-electron chi connectivity index (χ4n) is 5.02. The first-order chi connectivity index (χ1) is 15.7. The van der Waals surface area contributed by atoms with Crippen LogP contribution in [-0.4, -0.2) is 34.4 Å². The van der Waals surface area contributed by atoms with Gasteiger partial charge in [0, 0.05) is 24.6 Å². The maximum Gasteiger partial charge on any atom is 0.320 e. The minimum absolute atomic E-state index is 0.0128. The minimum Gasteiger partial charge on any atom is -0.329 e. The number of nitrogens with zero attached hydrogens (tertiary/aromatic N) is 3. The highest BCUT2D eigenvalue weighted by Gasteiger charge is 2.45. The van der Waals surface area contributed by atoms with Crippen LogP contribution in [0.5, 0.6) is 0 Å². The van der Waals surface area contributed by atoms with Gasteiger partial charge >= 0.3 is 6.03 Å². The van der Waals surface area contributed by atoms with Gasteiger partial charge < -0.3 is 10.6 Å². The number of aromatic nitrogens is 2. The van der Waals surface area contributed by atoms with Gasteiger partial charge in [-0.05, 0) is 37.0 Å². The number of nitriles is 1. The molecule has 5 rings (SSSR count). The molecular weight excluding hydrogens is 400 g/mol. The third-order valence-electron chi connectivity index (χ3n) is 6.55. The van der Waals surface area contributed by atoms with E-state index in [4.69, 9.17) is 5.10 Å². The summed E-state index contributed by atoms with van der Waals surface area (Å²) in [6, 6.07) is 21.9. The monoisotopic (exact) mass is 426 g/mol. The molecule has 1 aliphatic heterocycles. The number of hydrogen-bond donors (Lipinski definition) is 3. The van der Waals surface area contributed by atoms with Crippen molar-refractivity contribution in [1.82, 2.24) is 20.4 Å². The highest BCUT2D eigenvalue weighted by atomic mass is 16.2. The van der Waals surface area contributed by atoms with E-state index < -0.39 is 5.54 Å². The Morgan fingerprint density at radius 3 is 2.66 bits per heavy atom. The van der Waals surface area contributed by atoms with Crippen LogP contribution < -0.4 is 16.0 Å². The number of amides is 2. The fraction of sp³-hybridized carbons (Fsp3) is 0.320. The van der Waals surface area contributed by atoms with E-state index in [-0.39, 0.29) is 18.4 Å². The number of para-hydroxylation sites is 1. The molecule has 0 spiro atoms. The summed E-state index contributed by atoms with van der Waals surface area (Å²) in [7, 11) is 0. The molecule has 2 aliphatic rings. The molecule has 3 N–H and O–H groups in total. The Balaban J connectivity index is 1.44. The third kappa shape index (κ3) is 3.63. The highest BCUT2D eigenvalue weighted by molar-refractivity contribution is 5.90. The number of carbonyl (C=O) groups excluding carboxylic acids is 1. The number of rotatable bonds is 5. The summed E-state index contributed by atoms with van der Waals surface area (Å²) < 4.78 is 1.82. The molecule has 2 amide bonds. The maximum absolute atomic E-state index is 13.3. The normalized spacial score (nSPS) is 21.7. The van der Waals surface area contributed by atoms with Crippen molar-refractivity contribution in [3.05, 3.63) is 77.5 Å². The van der Waals surface area contributed by atoms with E-state index in [2.05, 4.69) is 34.2 Å². The first-order valence-electron chi connectivity index (χ1n) is 11.1. The molecule has 0 radical (unpaired) electrons. The van der Waals surface area contributed by atoms with Crippen molar-refractivity contribution in [2.24, 2.45) is 0 Å². The van der Waals surface area contributed by atoms with Crippen molar-refractivity contribution in [2.45, 2.75) is 37.1 Å². The van der Waals surface area contributed by atoms with Gasteiger partial charge in [0.2, 0.25) is 0 Å². The summed E-state index contributed by atoms with van der Waals surface area (Å²) in [6.45, 7) is 1.26. The van der Waals surface area contributed by atoms with Gasteiger partial charge in [0.15, 0.2) is 0 Å². The molecule has 1 aliphatic carbocycles. The molecule has 2 aromatic carbocycles. The average Bonchev–Trinajstić information content (AvgIpc) is 3.52. The number of fused-ring (bicyclic) bond motifs is 1. The average molecular weight is 427 g/mol. The fourth-order valence-corrected chi connectivity index (χ4v) is 5.02. The van der Waals surface area contributed by atoms with Crippen molar-refractivity contribution >= 4 is 11.8 Å². The molecule has 0 saturated carbocycles. The van der Waals surface area contributed by atoms with Crippen molar-refractivity contribution in [3.8, 4) is 11.8 Å². The van der Waals surface area contributed by atoms with Gasteiger partial charge in [-0.15, -0.1) is 0 Å². The van der Waals surface area contributed by atoms with Gasteiger partial charge in [-0.25, -0.2) is 9.48 Å². The molecule has 1 saturated heterocycles. The lowest BCUT2D eigenvalue weighted by atomic mass is 9.80. The number of urea groups is 1. The maximum atomic E-state index is 13.3. The molecule has 32 heavy (non-hydrogen) atoms. The Hall–Kier alpha value is -3.63. The van der Waals surface area contributed by atoms with Crippen LogP contribution in [0, 0.1) is 11.3 Å². The number of aryl methyl sites for hydroxylation is 1. The van der Waals surface area contributed by atoms with Gasteiger partial charge in [-0.1, -0.05) is 48.5 Å². The summed E-state index contributed by atoms with van der Waals surface area (Å²) in [5.74, 6) is 0.731. The van der Waals surface area contributed by atoms with Crippen LogP contribution in [0.2, 0.25) is 0 Å². The van der Waals surface area contributed by atoms with Gasteiger partial charge in [-0.2, -0.15) is 10.4 Å². The molecule has 2 atom stereocenters. The SMILES string of the molecule is N#CC[C@@]1(NC(=O)Nc2c3c(nn2-c2ccccc2)CCC3)CNC[C@H]1c1ccccc1. The lowest BCUT2D eigenvalue weighted by Crippen LogP contribution is -2.54. The lowest BCUT2D eigenvalue weighted by molar-refractivity contribution is 0.235. The lowest BCUT2D eigenvalue weighted by Gasteiger charge is -2.34. The molecule has 162 valence electrons. The standard InChI is InChI=1S/C25H26N6O/c26-15-14-25(17-27-16-21(25)18-8-3-1-4-9-18)29-24(32)28-23-20-12-7-13-22(20)30-31(23)19-10-5-2-6-11-19/h1-6,8-11,21,27H,7,12-14,16-17H2,(H2,28,29,32)/t21-,25+/m0/s1. The van der Waals surface area contributed by atoms with Crippen molar-refractivity contribution in [3.63, 3.8) is 0 Å². The Labute approximate surface area is 187 Å². The first kappa shape index (κ1) is 20.3. The van der Waals surface area contributed by atoms with E-state index in [1.165, 1.54) is 0 Å². The number of benzene rings is 2. The predicted molar refractivity (Wildman–Crippen MR) is 123 cm³/mol. The first-order valence-corrected chi connectivity index (χ1v) is 11.1. The zero-order valence-electron chi connectivity index (χ0n) is 17.8. The quantitative estimate of drug-likeness (QED) is 0.582. The molecule has 3 aromatic rings. The Morgan fingerprint density at radius 1 is 1.16 bits per heavy atom. The third-order valence-corrected chi connectivity index (χ3v) is 6.55. The molecule has 1 aromatic heterocycles. The Morgan fingerprint density at radius 2 is 1.91 bits per heavy atom. The van der Waals surface area contributed by atoms with E-state index >= 15 is 0 Å². The smallest absolute Gasteiger partial charge is 0.320 e. The van der Waals surface area contributed by atoms with E-state index in [0.29, 0.717) is 13.1 Å². The van der Waals surface area contributed by atoms with E-state index in [1.54, 1.807) is 0 Å². The van der Waals surface area contributed by atoms with Gasteiger partial charge in [0.05, 0.1) is 29.4 Å². The largest absolute Gasteiger partial charge is 0.329 e. The summed E-state index contributed by atoms with van der Waals surface area (Å²) in [6.07, 6.45) is 3.09. The summed E-state index contributed by atoms with van der Waals surface area (Å²) >= 11 is 0. The van der Waals surface area contributed by atoms with Crippen molar-refractivity contribution < 1.29 is 4.79 Å². The molecule has 2 heterocycles. The van der Waals surface area contributed by atoms with Crippen LogP contribution in [-0.2, 0) is 12.8 Å². The number of hydrogen-bond acceptors (Lipinski definition) is 4. The van der Waals surface area contributed by atoms with Gasteiger partial charge in [0.25, 0.3) is 0 Å². The molecule has 0 unspecified atom stereocenters. The molecule has 1 fully saturated rings. The van der Waals surface area contributed by atoms with Crippen LogP contribution in [0.3, 0.4) is 0 Å². The van der Waals surface area contributed by atoms with Crippen molar-refractivity contribution in [1.29, 1.82) is 5.26 Å². The minimum atomic E-state index is -0.680. The van der Waals surface area contributed by atoms with Crippen molar-refractivity contribution in [2.75, 3.05) is 18.4 Å². The van der Waals surface area contributed by atoms with E-state index in [1.807, 2.05) is 53.2 Å². The van der Waals surface area contributed by atoms with Crippen LogP contribution in [0.15, 0.2) is 60.7 Å². The predicted octanol–water partition coefficient (Wildman–Crippen LogP) is 3.52. The molecule has 0 bridgehead atoms. The number of nitrogens with one attached hydrogen (secondary N) is 3. The second-order valence-electron chi connectivity index (χ2n) is 8.54. The zero-order chi connectivity index (χ0) is 22.0. The van der Waals surface area contributed by atoms with E-state index in [9.17, 15) is 10.1 Å². The Kier molecular flexibility index (Phi) is 5.38. The topological polar surface area (TPSA) is 94.8 Å². The number of anilines is 1. The second-order valence-corrected chi connectivity index (χ2v) is 8.54. The molecule has 7 nitrogen and oxygen atoms in total.